The average Bonchev–Trinajstić information content (AvgIpc) is 2.99. The smallest absolute Gasteiger partial charge is 0.249 e. The molecule has 1 aromatic carbocycles. The van der Waals surface area contributed by atoms with Gasteiger partial charge in [-0.25, -0.2) is 8.42 Å². The fourth-order valence-electron chi connectivity index (χ4n) is 2.32. The molecular weight excluding hydrogens is 444 g/mol. The zero-order valence-electron chi connectivity index (χ0n) is 16.0. The van der Waals surface area contributed by atoms with Crippen LogP contribution < -0.4 is 14.4 Å². The van der Waals surface area contributed by atoms with Gasteiger partial charge < -0.3 is 4.74 Å². The molecule has 28 heavy (non-hydrogen) atoms. The SMILES string of the molecule is COc1ccc(N([C@@H](C)C(=O)Nc2nnc(SC(C)C)s2)S(C)(=O)=O)cc1Cl. The number of hydrogen-bond donors (Lipinski definition) is 1. The molecule has 1 N–H and O–H groups in total. The Kier molecular flexibility index (Phi) is 7.54. The number of anilines is 2. The highest BCUT2D eigenvalue weighted by Gasteiger charge is 2.30. The van der Waals surface area contributed by atoms with E-state index in [0.29, 0.717) is 16.1 Å². The van der Waals surface area contributed by atoms with Crippen molar-refractivity contribution in [2.75, 3.05) is 23.0 Å². The first-order valence-electron chi connectivity index (χ1n) is 8.17. The van der Waals surface area contributed by atoms with Gasteiger partial charge in [0.15, 0.2) is 4.34 Å². The maximum absolute atomic E-state index is 12.7. The maximum atomic E-state index is 12.7. The maximum Gasteiger partial charge on any atom is 0.249 e. The molecule has 2 aromatic rings. The molecule has 1 heterocycles. The zero-order valence-corrected chi connectivity index (χ0v) is 19.2. The number of halogens is 1. The van der Waals surface area contributed by atoms with Crippen LogP contribution in [0, 0.1) is 0 Å². The average molecular weight is 465 g/mol. The number of benzene rings is 1. The molecule has 154 valence electrons. The van der Waals surface area contributed by atoms with E-state index in [4.69, 9.17) is 16.3 Å². The molecule has 0 saturated heterocycles. The van der Waals surface area contributed by atoms with Crippen LogP contribution in [0.2, 0.25) is 5.02 Å². The monoisotopic (exact) mass is 464 g/mol. The summed E-state index contributed by atoms with van der Waals surface area (Å²) in [5.74, 6) is -0.130. The molecule has 0 bridgehead atoms. The molecule has 0 radical (unpaired) electrons. The van der Waals surface area contributed by atoms with Crippen LogP contribution in [0.4, 0.5) is 10.8 Å². The van der Waals surface area contributed by atoms with Crippen LogP contribution in [0.1, 0.15) is 20.8 Å². The number of rotatable bonds is 8. The number of aromatic nitrogens is 2. The van der Waals surface area contributed by atoms with E-state index in [1.807, 2.05) is 13.8 Å². The van der Waals surface area contributed by atoms with Gasteiger partial charge in [0.2, 0.25) is 21.1 Å². The molecule has 1 aromatic heterocycles. The minimum Gasteiger partial charge on any atom is -0.495 e. The summed E-state index contributed by atoms with van der Waals surface area (Å²) >= 11 is 8.88. The number of sulfonamides is 1. The highest BCUT2D eigenvalue weighted by molar-refractivity contribution is 8.01. The number of amides is 1. The number of carbonyl (C=O) groups is 1. The summed E-state index contributed by atoms with van der Waals surface area (Å²) in [7, 11) is -2.31. The lowest BCUT2D eigenvalue weighted by Gasteiger charge is -2.28. The molecule has 0 aliphatic carbocycles. The van der Waals surface area contributed by atoms with Crippen LogP contribution in [-0.4, -0.2) is 49.2 Å². The Hall–Kier alpha value is -1.56. The highest BCUT2D eigenvalue weighted by Crippen LogP contribution is 2.32. The molecule has 2 rings (SSSR count). The van der Waals surface area contributed by atoms with Crippen molar-refractivity contribution in [2.24, 2.45) is 0 Å². The van der Waals surface area contributed by atoms with Crippen molar-refractivity contribution in [3.05, 3.63) is 23.2 Å². The van der Waals surface area contributed by atoms with Crippen LogP contribution in [0.15, 0.2) is 22.5 Å². The lowest BCUT2D eigenvalue weighted by atomic mass is 10.2. The van der Waals surface area contributed by atoms with Gasteiger partial charge in [0.05, 0.1) is 24.1 Å². The molecular formula is C16H21ClN4O4S3. The molecule has 0 unspecified atom stereocenters. The Bertz CT molecular complexity index is 949. The first-order valence-corrected chi connectivity index (χ1v) is 12.1. The normalized spacial score (nSPS) is 12.7. The van der Waals surface area contributed by atoms with Crippen molar-refractivity contribution in [2.45, 2.75) is 36.4 Å². The van der Waals surface area contributed by atoms with Crippen LogP contribution in [0.3, 0.4) is 0 Å². The molecule has 1 amide bonds. The van der Waals surface area contributed by atoms with Gasteiger partial charge in [-0.15, -0.1) is 10.2 Å². The van der Waals surface area contributed by atoms with E-state index in [-0.39, 0.29) is 10.7 Å². The second-order valence-electron chi connectivity index (χ2n) is 6.08. The third-order valence-electron chi connectivity index (χ3n) is 3.45. The topological polar surface area (TPSA) is 101 Å². The first-order chi connectivity index (χ1) is 13.0. The number of carbonyl (C=O) groups excluding carboxylic acids is 1. The number of nitrogens with zero attached hydrogens (tertiary/aromatic N) is 3. The van der Waals surface area contributed by atoms with Crippen LogP contribution >= 0.6 is 34.7 Å². The first kappa shape index (κ1) is 22.7. The third-order valence-corrected chi connectivity index (χ3v) is 6.92. The van der Waals surface area contributed by atoms with Crippen molar-refractivity contribution >= 4 is 61.4 Å². The van der Waals surface area contributed by atoms with Gasteiger partial charge in [0.25, 0.3) is 0 Å². The largest absolute Gasteiger partial charge is 0.495 e. The number of thioether (sulfide) groups is 1. The highest BCUT2D eigenvalue weighted by atomic mass is 35.5. The van der Waals surface area contributed by atoms with Crippen molar-refractivity contribution in [3.63, 3.8) is 0 Å². The van der Waals surface area contributed by atoms with E-state index in [1.54, 1.807) is 6.07 Å². The van der Waals surface area contributed by atoms with Crippen molar-refractivity contribution < 1.29 is 17.9 Å². The van der Waals surface area contributed by atoms with E-state index >= 15 is 0 Å². The Labute approximate surface area is 177 Å². The quantitative estimate of drug-likeness (QED) is 0.471. The van der Waals surface area contributed by atoms with Gasteiger partial charge in [-0.3, -0.25) is 14.4 Å². The predicted molar refractivity (Wildman–Crippen MR) is 114 cm³/mol. The molecule has 1 atom stereocenters. The lowest BCUT2D eigenvalue weighted by Crippen LogP contribution is -2.45. The van der Waals surface area contributed by atoms with Gasteiger partial charge in [-0.1, -0.05) is 48.5 Å². The summed E-state index contributed by atoms with van der Waals surface area (Å²) in [5, 5.41) is 11.4. The molecule has 0 fully saturated rings. The van der Waals surface area contributed by atoms with Gasteiger partial charge in [0, 0.05) is 5.25 Å². The fourth-order valence-corrected chi connectivity index (χ4v) is 5.72. The van der Waals surface area contributed by atoms with Crippen molar-refractivity contribution in [1.82, 2.24) is 10.2 Å². The predicted octanol–water partition coefficient (Wildman–Crippen LogP) is 3.49. The second-order valence-corrected chi connectivity index (χ2v) is 11.2. The molecule has 0 aliphatic rings. The number of ether oxygens (including phenoxy) is 1. The number of methoxy groups -OCH3 is 1. The lowest BCUT2D eigenvalue weighted by molar-refractivity contribution is -0.116. The summed E-state index contributed by atoms with van der Waals surface area (Å²) in [6, 6.07) is 3.47. The van der Waals surface area contributed by atoms with Gasteiger partial charge in [0.1, 0.15) is 11.8 Å². The van der Waals surface area contributed by atoms with Crippen LogP contribution in [-0.2, 0) is 14.8 Å². The number of hydrogen-bond acceptors (Lipinski definition) is 8. The molecule has 8 nitrogen and oxygen atoms in total. The van der Waals surface area contributed by atoms with Crippen LogP contribution in [0.25, 0.3) is 0 Å². The van der Waals surface area contributed by atoms with Crippen molar-refractivity contribution in [3.8, 4) is 5.75 Å². The number of nitrogens with one attached hydrogen (secondary N) is 1. The Morgan fingerprint density at radius 3 is 2.54 bits per heavy atom. The molecule has 0 spiro atoms. The van der Waals surface area contributed by atoms with Gasteiger partial charge in [-0.2, -0.15) is 0 Å². The van der Waals surface area contributed by atoms with E-state index in [9.17, 15) is 13.2 Å². The summed E-state index contributed by atoms with van der Waals surface area (Å²) < 4.78 is 31.5. The second kappa shape index (κ2) is 9.29. The summed E-state index contributed by atoms with van der Waals surface area (Å²) in [4.78, 5) is 12.7. The third kappa shape index (κ3) is 5.72. The summed E-state index contributed by atoms with van der Waals surface area (Å²) in [6.45, 7) is 5.53. The summed E-state index contributed by atoms with van der Waals surface area (Å²) in [6.07, 6.45) is 1.03. The Morgan fingerprint density at radius 2 is 2.00 bits per heavy atom. The van der Waals surface area contributed by atoms with E-state index in [1.165, 1.54) is 49.3 Å². The Balaban J connectivity index is 2.25. The zero-order chi connectivity index (χ0) is 21.1. The standard InChI is InChI=1S/C16H21ClN4O4S3/c1-9(2)26-16-20-19-15(27-16)18-14(22)10(3)21(28(5,23)24)11-6-7-13(25-4)12(17)8-11/h6-10H,1-5H3,(H,18,19,22)/t10-/m0/s1. The van der Waals surface area contributed by atoms with Crippen molar-refractivity contribution in [1.29, 1.82) is 0 Å². The minimum absolute atomic E-state index is 0.237. The van der Waals surface area contributed by atoms with Crippen LogP contribution in [0.5, 0.6) is 5.75 Å². The van der Waals surface area contributed by atoms with E-state index in [2.05, 4.69) is 15.5 Å². The Morgan fingerprint density at radius 1 is 1.32 bits per heavy atom. The molecule has 12 heteroatoms. The molecule has 0 aliphatic heterocycles. The van der Waals surface area contributed by atoms with Gasteiger partial charge >= 0.3 is 0 Å². The molecule has 0 saturated carbocycles. The fraction of sp³-hybridized carbons (Fsp3) is 0.438. The van der Waals surface area contributed by atoms with E-state index in [0.717, 1.165) is 14.9 Å². The van der Waals surface area contributed by atoms with E-state index < -0.39 is 22.0 Å². The minimum atomic E-state index is -3.77. The summed E-state index contributed by atoms with van der Waals surface area (Å²) in [5.41, 5.74) is 0.254. The van der Waals surface area contributed by atoms with Gasteiger partial charge in [-0.05, 0) is 25.1 Å².